The molecule has 0 aromatic carbocycles. The van der Waals surface area contributed by atoms with Gasteiger partial charge in [-0.25, -0.2) is 0 Å². The minimum absolute atomic E-state index is 0.0408. The van der Waals surface area contributed by atoms with Crippen molar-refractivity contribution >= 4 is 33.7 Å². The summed E-state index contributed by atoms with van der Waals surface area (Å²) < 4.78 is 6.30. The fraction of sp³-hybridized carbons (Fsp3) is 0.783. The predicted molar refractivity (Wildman–Crippen MR) is 122 cm³/mol. The van der Waals surface area contributed by atoms with E-state index in [0.717, 1.165) is 12.8 Å². The van der Waals surface area contributed by atoms with Gasteiger partial charge in [0.05, 0.1) is 17.9 Å². The number of carbonyl (C=O) groups excluding carboxylic acids is 2. The van der Waals surface area contributed by atoms with E-state index in [0.29, 0.717) is 38.8 Å². The van der Waals surface area contributed by atoms with Gasteiger partial charge in [-0.2, -0.15) is 0 Å². The zero-order chi connectivity index (χ0) is 23.6. The van der Waals surface area contributed by atoms with Crippen LogP contribution in [0, 0.1) is 11.8 Å². The van der Waals surface area contributed by atoms with Crippen molar-refractivity contribution in [1.82, 2.24) is 9.80 Å². The van der Waals surface area contributed by atoms with Crippen molar-refractivity contribution in [3.63, 3.8) is 0 Å². The zero-order valence-corrected chi connectivity index (χ0v) is 20.5. The second kappa shape index (κ2) is 10.2. The average Bonchev–Trinajstić information content (AvgIpc) is 3.33. The Bertz CT molecular complexity index is 748. The third-order valence-corrected chi connectivity index (χ3v) is 8.06. The van der Waals surface area contributed by atoms with Crippen molar-refractivity contribution in [3.05, 3.63) is 12.7 Å². The fourth-order valence-corrected chi connectivity index (χ4v) is 6.80. The van der Waals surface area contributed by atoms with Gasteiger partial charge in [0.25, 0.3) is 0 Å². The largest absolute Gasteiger partial charge is 0.481 e. The SMILES string of the molecule is C=CCN(C(=O)C1N(CCCCCO)C(=O)[C@@H]2[C@H](C(=O)O)[C@H]3OC12CC3Br)C(C)CCC. The van der Waals surface area contributed by atoms with Crippen LogP contribution in [0.2, 0.25) is 0 Å². The first-order valence-electron chi connectivity index (χ1n) is 11.6. The Morgan fingerprint density at radius 2 is 2.12 bits per heavy atom. The van der Waals surface area contributed by atoms with Gasteiger partial charge < -0.3 is 24.7 Å². The van der Waals surface area contributed by atoms with Gasteiger partial charge in [-0.15, -0.1) is 6.58 Å². The van der Waals surface area contributed by atoms with Crippen molar-refractivity contribution in [3.8, 4) is 0 Å². The van der Waals surface area contributed by atoms with E-state index < -0.39 is 35.6 Å². The highest BCUT2D eigenvalue weighted by Gasteiger charge is 2.76. The number of ether oxygens (including phenoxy) is 1. The van der Waals surface area contributed by atoms with Crippen LogP contribution < -0.4 is 0 Å². The molecule has 4 unspecified atom stereocenters. The second-order valence-corrected chi connectivity index (χ2v) is 10.4. The number of carboxylic acid groups (broad SMARTS) is 1. The normalized spacial score (nSPS) is 33.9. The maximum Gasteiger partial charge on any atom is 0.310 e. The minimum Gasteiger partial charge on any atom is -0.481 e. The summed E-state index contributed by atoms with van der Waals surface area (Å²) in [5.41, 5.74) is -1.14. The highest BCUT2D eigenvalue weighted by Crippen LogP contribution is 2.60. The van der Waals surface area contributed by atoms with Crippen LogP contribution in [0.4, 0.5) is 0 Å². The number of amides is 2. The molecule has 0 aliphatic carbocycles. The Balaban J connectivity index is 2.00. The third-order valence-electron chi connectivity index (χ3n) is 7.21. The van der Waals surface area contributed by atoms with E-state index >= 15 is 0 Å². The van der Waals surface area contributed by atoms with Gasteiger partial charge in [0.1, 0.15) is 11.6 Å². The number of aliphatic hydroxyl groups excluding tert-OH is 1. The number of unbranched alkanes of at least 4 members (excludes halogenated alkanes) is 2. The van der Waals surface area contributed by atoms with Crippen LogP contribution in [0.25, 0.3) is 0 Å². The highest BCUT2D eigenvalue weighted by atomic mass is 79.9. The van der Waals surface area contributed by atoms with Crippen LogP contribution in [0.5, 0.6) is 0 Å². The first kappa shape index (κ1) is 25.2. The number of aliphatic hydroxyl groups is 1. The van der Waals surface area contributed by atoms with E-state index in [1.807, 2.05) is 6.92 Å². The third kappa shape index (κ3) is 4.12. The molecule has 0 aromatic rings. The molecule has 7 atom stereocenters. The molecule has 0 aromatic heterocycles. The van der Waals surface area contributed by atoms with Gasteiger partial charge in [-0.05, 0) is 39.0 Å². The van der Waals surface area contributed by atoms with Crippen molar-refractivity contribution in [1.29, 1.82) is 0 Å². The number of likely N-dealkylation sites (tertiary alicyclic amines) is 1. The van der Waals surface area contributed by atoms with Gasteiger partial charge in [0.2, 0.25) is 11.8 Å². The van der Waals surface area contributed by atoms with Crippen LogP contribution >= 0.6 is 15.9 Å². The van der Waals surface area contributed by atoms with Gasteiger partial charge in [-0.3, -0.25) is 14.4 Å². The lowest BCUT2D eigenvalue weighted by atomic mass is 9.70. The van der Waals surface area contributed by atoms with E-state index in [-0.39, 0.29) is 29.3 Å². The lowest BCUT2D eigenvalue weighted by molar-refractivity contribution is -0.151. The Morgan fingerprint density at radius 1 is 1.41 bits per heavy atom. The van der Waals surface area contributed by atoms with E-state index in [4.69, 9.17) is 9.84 Å². The smallest absolute Gasteiger partial charge is 0.310 e. The van der Waals surface area contributed by atoms with Crippen LogP contribution in [0.3, 0.4) is 0 Å². The molecule has 9 heteroatoms. The molecule has 3 heterocycles. The Hall–Kier alpha value is -1.45. The van der Waals surface area contributed by atoms with Crippen LogP contribution in [-0.4, -0.2) is 86.1 Å². The molecular formula is C23H35BrN2O6. The molecule has 3 aliphatic heterocycles. The fourth-order valence-electron chi connectivity index (χ4n) is 5.86. The maximum absolute atomic E-state index is 14.0. The van der Waals surface area contributed by atoms with Crippen molar-refractivity contribution < 1.29 is 29.3 Å². The molecular weight excluding hydrogens is 480 g/mol. The van der Waals surface area contributed by atoms with Crippen molar-refractivity contribution in [2.45, 2.75) is 81.0 Å². The molecule has 2 N–H and O–H groups in total. The summed E-state index contributed by atoms with van der Waals surface area (Å²) in [6, 6.07) is -0.899. The number of halogens is 1. The molecule has 3 saturated heterocycles. The average molecular weight is 515 g/mol. The summed E-state index contributed by atoms with van der Waals surface area (Å²) in [6.07, 6.45) is 5.16. The molecule has 32 heavy (non-hydrogen) atoms. The predicted octanol–water partition coefficient (Wildman–Crippen LogP) is 2.18. The van der Waals surface area contributed by atoms with Crippen LogP contribution in [0.1, 0.15) is 52.4 Å². The molecule has 8 nitrogen and oxygen atoms in total. The van der Waals surface area contributed by atoms with Crippen molar-refractivity contribution in [2.75, 3.05) is 19.7 Å². The van der Waals surface area contributed by atoms with Gasteiger partial charge >= 0.3 is 5.97 Å². The summed E-state index contributed by atoms with van der Waals surface area (Å²) >= 11 is 3.56. The number of fused-ring (bicyclic) bond motifs is 1. The van der Waals surface area contributed by atoms with Gasteiger partial charge in [0.15, 0.2) is 0 Å². The number of alkyl halides is 1. The van der Waals surface area contributed by atoms with E-state index in [9.17, 15) is 19.5 Å². The highest BCUT2D eigenvalue weighted by molar-refractivity contribution is 9.09. The lowest BCUT2D eigenvalue weighted by Gasteiger charge is -2.39. The molecule has 3 fully saturated rings. The number of hydrogen-bond acceptors (Lipinski definition) is 5. The zero-order valence-electron chi connectivity index (χ0n) is 18.9. The molecule has 0 saturated carbocycles. The molecule has 1 spiro atoms. The standard InChI is InChI=1S/C23H35BrN2O6/c1-4-9-14(3)25(10-5-2)21(29)19-23-13-15(24)18(32-23)16(22(30)31)17(23)20(28)26(19)11-7-6-8-12-27/h5,14-19,27H,2,4,6-13H2,1,3H3,(H,30,31)/t14?,15?,16-,17-,18-,19?,23?/m0/s1. The first-order chi connectivity index (χ1) is 15.2. The number of carbonyl (C=O) groups is 3. The maximum atomic E-state index is 14.0. The van der Waals surface area contributed by atoms with E-state index in [1.54, 1.807) is 15.9 Å². The number of rotatable bonds is 12. The van der Waals surface area contributed by atoms with Crippen LogP contribution in [-0.2, 0) is 19.1 Å². The second-order valence-electron chi connectivity index (χ2n) is 9.23. The monoisotopic (exact) mass is 514 g/mol. The lowest BCUT2D eigenvalue weighted by Crippen LogP contribution is -2.58. The van der Waals surface area contributed by atoms with Crippen molar-refractivity contribution in [2.24, 2.45) is 11.8 Å². The first-order valence-corrected chi connectivity index (χ1v) is 12.5. The number of nitrogens with zero attached hydrogens (tertiary/aromatic N) is 2. The summed E-state index contributed by atoms with van der Waals surface area (Å²) in [5.74, 6) is -3.40. The quantitative estimate of drug-likeness (QED) is 0.235. The number of hydrogen-bond donors (Lipinski definition) is 2. The summed E-state index contributed by atoms with van der Waals surface area (Å²) in [7, 11) is 0. The molecule has 0 radical (unpaired) electrons. The Kier molecular flexibility index (Phi) is 8.04. The Labute approximate surface area is 198 Å². The van der Waals surface area contributed by atoms with E-state index in [2.05, 4.69) is 29.4 Å². The molecule has 3 aliphatic rings. The molecule has 180 valence electrons. The molecule has 3 rings (SSSR count). The van der Waals surface area contributed by atoms with Gasteiger partial charge in [-0.1, -0.05) is 35.4 Å². The Morgan fingerprint density at radius 3 is 2.72 bits per heavy atom. The number of carboxylic acids is 1. The summed E-state index contributed by atoms with van der Waals surface area (Å²) in [5, 5.41) is 19.0. The summed E-state index contributed by atoms with van der Waals surface area (Å²) in [6.45, 7) is 8.61. The van der Waals surface area contributed by atoms with Crippen LogP contribution in [0.15, 0.2) is 12.7 Å². The minimum atomic E-state index is -1.14. The van der Waals surface area contributed by atoms with Gasteiger partial charge in [0, 0.05) is 30.6 Å². The summed E-state index contributed by atoms with van der Waals surface area (Å²) in [4.78, 5) is 42.8. The topological polar surface area (TPSA) is 107 Å². The molecule has 2 amide bonds. The number of aliphatic carboxylic acids is 1. The molecule has 2 bridgehead atoms. The van der Waals surface area contributed by atoms with E-state index in [1.165, 1.54) is 0 Å².